The van der Waals surface area contributed by atoms with Gasteiger partial charge in [0.2, 0.25) is 0 Å². The number of benzene rings is 1. The third-order valence-corrected chi connectivity index (χ3v) is 4.05. The Morgan fingerprint density at radius 1 is 1.29 bits per heavy atom. The number of nitrogens with zero attached hydrogens (tertiary/aromatic N) is 2. The molecule has 1 fully saturated rings. The van der Waals surface area contributed by atoms with Crippen molar-refractivity contribution in [3.8, 4) is 6.07 Å². The molecule has 1 aliphatic rings. The lowest BCUT2D eigenvalue weighted by Crippen LogP contribution is -2.44. The fourth-order valence-electron chi connectivity index (χ4n) is 2.87. The molecule has 1 saturated heterocycles. The summed E-state index contributed by atoms with van der Waals surface area (Å²) in [6, 6.07) is 12.6. The van der Waals surface area contributed by atoms with Gasteiger partial charge in [0.15, 0.2) is 0 Å². The molecule has 1 aromatic carbocycles. The Morgan fingerprint density at radius 2 is 2.10 bits per heavy atom. The van der Waals surface area contributed by atoms with Crippen LogP contribution < -0.4 is 5.32 Å². The number of rotatable bonds is 6. The van der Waals surface area contributed by atoms with Crippen LogP contribution in [-0.4, -0.2) is 44.3 Å². The van der Waals surface area contributed by atoms with Gasteiger partial charge >= 0.3 is 0 Å². The Bertz CT molecular complexity index is 449. The van der Waals surface area contributed by atoms with Gasteiger partial charge in [-0.2, -0.15) is 5.26 Å². The number of nitrogens with one attached hydrogen (secondary N) is 1. The molecule has 21 heavy (non-hydrogen) atoms. The number of hydrogen-bond donors (Lipinski definition) is 1. The highest BCUT2D eigenvalue weighted by atomic mass is 16.5. The second-order valence-electron chi connectivity index (χ2n) is 5.47. The van der Waals surface area contributed by atoms with E-state index in [4.69, 9.17) is 4.74 Å². The first-order valence-electron chi connectivity index (χ1n) is 7.82. The first kappa shape index (κ1) is 16.0. The molecule has 1 aliphatic heterocycles. The molecule has 4 heteroatoms. The van der Waals surface area contributed by atoms with Gasteiger partial charge in [-0.05, 0) is 24.9 Å². The summed E-state index contributed by atoms with van der Waals surface area (Å²) in [6.45, 7) is 7.42. The highest BCUT2D eigenvalue weighted by molar-refractivity contribution is 5.31. The van der Waals surface area contributed by atoms with Crippen LogP contribution >= 0.6 is 0 Å². The molecule has 0 saturated carbocycles. The maximum absolute atomic E-state index is 9.79. The van der Waals surface area contributed by atoms with Crippen molar-refractivity contribution in [1.82, 2.24) is 10.2 Å². The van der Waals surface area contributed by atoms with Crippen LogP contribution in [0.5, 0.6) is 0 Å². The first-order valence-corrected chi connectivity index (χ1v) is 7.82. The second kappa shape index (κ2) is 8.14. The minimum absolute atomic E-state index is 0.594. The van der Waals surface area contributed by atoms with Crippen molar-refractivity contribution in [3.63, 3.8) is 0 Å². The molecule has 1 atom stereocenters. The van der Waals surface area contributed by atoms with Crippen molar-refractivity contribution in [2.24, 2.45) is 0 Å². The highest BCUT2D eigenvalue weighted by Gasteiger charge is 2.31. The van der Waals surface area contributed by atoms with Crippen LogP contribution in [0.2, 0.25) is 0 Å². The Balaban J connectivity index is 2.07. The van der Waals surface area contributed by atoms with Gasteiger partial charge in [-0.15, -0.1) is 0 Å². The summed E-state index contributed by atoms with van der Waals surface area (Å²) < 4.78 is 5.49. The van der Waals surface area contributed by atoms with Crippen molar-refractivity contribution < 1.29 is 4.74 Å². The molecule has 0 aromatic heterocycles. The number of nitriles is 1. The molecule has 0 bridgehead atoms. The van der Waals surface area contributed by atoms with Gasteiger partial charge in [0, 0.05) is 26.2 Å². The van der Waals surface area contributed by atoms with Crippen LogP contribution in [0.25, 0.3) is 0 Å². The van der Waals surface area contributed by atoms with E-state index >= 15 is 0 Å². The molecule has 0 amide bonds. The van der Waals surface area contributed by atoms with E-state index in [9.17, 15) is 5.26 Å². The molecular formula is C17H25N3O. The quantitative estimate of drug-likeness (QED) is 0.871. The van der Waals surface area contributed by atoms with Crippen LogP contribution in [0.4, 0.5) is 0 Å². The zero-order valence-electron chi connectivity index (χ0n) is 12.8. The Kier molecular flexibility index (Phi) is 6.19. The molecule has 0 spiro atoms. The van der Waals surface area contributed by atoms with Gasteiger partial charge in [-0.25, -0.2) is 0 Å². The maximum atomic E-state index is 9.79. The molecular weight excluding hydrogens is 262 g/mol. The van der Waals surface area contributed by atoms with Crippen LogP contribution in [-0.2, 0) is 10.3 Å². The van der Waals surface area contributed by atoms with Gasteiger partial charge in [-0.3, -0.25) is 5.32 Å². The summed E-state index contributed by atoms with van der Waals surface area (Å²) in [7, 11) is 0. The van der Waals surface area contributed by atoms with E-state index < -0.39 is 5.54 Å². The molecule has 4 nitrogen and oxygen atoms in total. The standard InChI is InChI=1S/C17H25N3O/c1-2-19-17(15-18,16-7-4-3-5-8-16)9-11-20-10-6-13-21-14-12-20/h3-5,7-8,19H,2,6,9-14H2,1H3. The summed E-state index contributed by atoms with van der Waals surface area (Å²) in [6.07, 6.45) is 1.87. The van der Waals surface area contributed by atoms with E-state index in [1.807, 2.05) is 30.3 Å². The largest absolute Gasteiger partial charge is 0.380 e. The molecule has 0 aliphatic carbocycles. The highest BCUT2D eigenvalue weighted by Crippen LogP contribution is 2.25. The van der Waals surface area contributed by atoms with Gasteiger partial charge in [0.25, 0.3) is 0 Å². The SMILES string of the molecule is CCNC(C#N)(CCN1CCCOCC1)c1ccccc1. The van der Waals surface area contributed by atoms with Gasteiger partial charge in [-0.1, -0.05) is 37.3 Å². The normalized spacial score (nSPS) is 19.4. The van der Waals surface area contributed by atoms with Crippen molar-refractivity contribution in [3.05, 3.63) is 35.9 Å². The fourth-order valence-corrected chi connectivity index (χ4v) is 2.87. The lowest BCUT2D eigenvalue weighted by molar-refractivity contribution is 0.140. The number of hydrogen-bond acceptors (Lipinski definition) is 4. The van der Waals surface area contributed by atoms with E-state index in [-0.39, 0.29) is 0 Å². The van der Waals surface area contributed by atoms with Crippen molar-refractivity contribution >= 4 is 0 Å². The van der Waals surface area contributed by atoms with Crippen LogP contribution in [0.1, 0.15) is 25.3 Å². The van der Waals surface area contributed by atoms with E-state index in [0.29, 0.717) is 0 Å². The minimum atomic E-state index is -0.594. The zero-order chi connectivity index (χ0) is 15.0. The zero-order valence-corrected chi connectivity index (χ0v) is 12.8. The van der Waals surface area contributed by atoms with Crippen molar-refractivity contribution in [2.45, 2.75) is 25.3 Å². The van der Waals surface area contributed by atoms with E-state index in [0.717, 1.165) is 57.8 Å². The fraction of sp³-hybridized carbons (Fsp3) is 0.588. The van der Waals surface area contributed by atoms with E-state index in [1.165, 1.54) is 0 Å². The summed E-state index contributed by atoms with van der Waals surface area (Å²) in [5.74, 6) is 0. The molecule has 1 aromatic rings. The van der Waals surface area contributed by atoms with Gasteiger partial charge in [0.1, 0.15) is 5.54 Å². The first-order chi connectivity index (χ1) is 10.3. The Labute approximate surface area is 127 Å². The molecule has 0 radical (unpaired) electrons. The predicted octanol–water partition coefficient (Wildman–Crippen LogP) is 2.13. The molecule has 1 N–H and O–H groups in total. The summed E-state index contributed by atoms with van der Waals surface area (Å²) in [5.41, 5.74) is 0.462. The third-order valence-electron chi connectivity index (χ3n) is 4.05. The molecule has 2 rings (SSSR count). The summed E-state index contributed by atoms with van der Waals surface area (Å²) >= 11 is 0. The predicted molar refractivity (Wildman–Crippen MR) is 83.9 cm³/mol. The average Bonchev–Trinajstić information content (AvgIpc) is 2.81. The second-order valence-corrected chi connectivity index (χ2v) is 5.47. The summed E-state index contributed by atoms with van der Waals surface area (Å²) in [4.78, 5) is 2.40. The molecule has 1 unspecified atom stereocenters. The Hall–Kier alpha value is -1.41. The molecule has 1 heterocycles. The van der Waals surface area contributed by atoms with Crippen LogP contribution in [0, 0.1) is 11.3 Å². The van der Waals surface area contributed by atoms with Crippen LogP contribution in [0.3, 0.4) is 0 Å². The number of ether oxygens (including phenoxy) is 1. The van der Waals surface area contributed by atoms with Gasteiger partial charge in [0.05, 0.1) is 12.7 Å². The Morgan fingerprint density at radius 3 is 2.81 bits per heavy atom. The topological polar surface area (TPSA) is 48.3 Å². The van der Waals surface area contributed by atoms with E-state index in [2.05, 4.69) is 23.2 Å². The third kappa shape index (κ3) is 4.28. The smallest absolute Gasteiger partial charge is 0.133 e. The molecule has 114 valence electrons. The lowest BCUT2D eigenvalue weighted by atomic mass is 9.87. The van der Waals surface area contributed by atoms with Gasteiger partial charge < -0.3 is 9.64 Å². The maximum Gasteiger partial charge on any atom is 0.133 e. The van der Waals surface area contributed by atoms with Crippen LogP contribution in [0.15, 0.2) is 30.3 Å². The minimum Gasteiger partial charge on any atom is -0.380 e. The summed E-state index contributed by atoms with van der Waals surface area (Å²) in [5, 5.41) is 13.2. The van der Waals surface area contributed by atoms with Crippen molar-refractivity contribution in [1.29, 1.82) is 5.26 Å². The van der Waals surface area contributed by atoms with E-state index in [1.54, 1.807) is 0 Å². The monoisotopic (exact) mass is 287 g/mol. The average molecular weight is 287 g/mol. The lowest BCUT2D eigenvalue weighted by Gasteiger charge is -2.31. The van der Waals surface area contributed by atoms with Crippen molar-refractivity contribution in [2.75, 3.05) is 39.4 Å².